The van der Waals surface area contributed by atoms with Gasteiger partial charge in [-0.3, -0.25) is 0 Å². The van der Waals surface area contributed by atoms with Gasteiger partial charge in [0.15, 0.2) is 0 Å². The number of alkyl halides is 1. The molecule has 1 fully saturated rings. The van der Waals surface area contributed by atoms with Crippen LogP contribution >= 0.6 is 11.8 Å². The maximum Gasteiger partial charge on any atom is 0.140 e. The molecule has 3 rings (SSSR count). The van der Waals surface area contributed by atoms with Crippen molar-refractivity contribution < 1.29 is 13.9 Å². The van der Waals surface area contributed by atoms with Crippen molar-refractivity contribution in [2.24, 2.45) is 0 Å². The lowest BCUT2D eigenvalue weighted by atomic mass is 9.74. The fraction of sp³-hybridized carbons (Fsp3) is 0.400. The fourth-order valence-corrected chi connectivity index (χ4v) is 3.84. The number of halogens is 1. The van der Waals surface area contributed by atoms with Crippen molar-refractivity contribution in [1.82, 2.24) is 0 Å². The minimum absolute atomic E-state index is 0.0733. The summed E-state index contributed by atoms with van der Waals surface area (Å²) in [7, 11) is 1.67. The van der Waals surface area contributed by atoms with E-state index in [2.05, 4.69) is 12.1 Å². The molecule has 0 aromatic heterocycles. The standard InChI is InChI=1S/C20H23FO2S/c1-3-23-18-12-20(21,13-18)16-6-10-19(11-7-16)24-14-15-4-8-17(22-2)9-5-15/h4-11,18H,3,12-14H2,1-2H3. The highest BCUT2D eigenvalue weighted by Crippen LogP contribution is 2.46. The zero-order valence-corrected chi connectivity index (χ0v) is 14.9. The zero-order chi connectivity index (χ0) is 17.0. The first kappa shape index (κ1) is 17.3. The SMILES string of the molecule is CCOC1CC(F)(c2ccc(SCc3ccc(OC)cc3)cc2)C1. The largest absolute Gasteiger partial charge is 0.497 e. The molecule has 0 bridgehead atoms. The van der Waals surface area contributed by atoms with Crippen molar-refractivity contribution in [3.8, 4) is 5.75 Å². The topological polar surface area (TPSA) is 18.5 Å². The number of methoxy groups -OCH3 is 1. The maximum absolute atomic E-state index is 14.8. The predicted octanol–water partition coefficient (Wildman–Crippen LogP) is 5.35. The van der Waals surface area contributed by atoms with Crippen LogP contribution in [0, 0.1) is 0 Å². The molecule has 24 heavy (non-hydrogen) atoms. The number of rotatable bonds is 7. The van der Waals surface area contributed by atoms with E-state index in [4.69, 9.17) is 9.47 Å². The van der Waals surface area contributed by atoms with Gasteiger partial charge in [-0.05, 0) is 42.3 Å². The van der Waals surface area contributed by atoms with Crippen LogP contribution in [0.15, 0.2) is 53.4 Å². The Morgan fingerprint density at radius 3 is 2.33 bits per heavy atom. The molecule has 0 atom stereocenters. The van der Waals surface area contributed by atoms with Crippen LogP contribution in [0.5, 0.6) is 5.75 Å². The van der Waals surface area contributed by atoms with Crippen LogP contribution in [0.3, 0.4) is 0 Å². The van der Waals surface area contributed by atoms with E-state index in [-0.39, 0.29) is 6.10 Å². The molecule has 0 radical (unpaired) electrons. The van der Waals surface area contributed by atoms with Crippen molar-refractivity contribution in [1.29, 1.82) is 0 Å². The first-order chi connectivity index (χ1) is 11.6. The molecule has 0 spiro atoms. The van der Waals surface area contributed by atoms with Crippen molar-refractivity contribution in [2.45, 2.75) is 42.2 Å². The zero-order valence-electron chi connectivity index (χ0n) is 14.1. The Hall–Kier alpha value is -1.52. The maximum atomic E-state index is 14.8. The van der Waals surface area contributed by atoms with Crippen LogP contribution in [0.2, 0.25) is 0 Å². The van der Waals surface area contributed by atoms with Gasteiger partial charge in [-0.2, -0.15) is 0 Å². The molecule has 0 amide bonds. The van der Waals surface area contributed by atoms with Crippen molar-refractivity contribution in [3.05, 3.63) is 59.7 Å². The van der Waals surface area contributed by atoms with Crippen molar-refractivity contribution in [3.63, 3.8) is 0 Å². The molecule has 0 N–H and O–H groups in total. The van der Waals surface area contributed by atoms with Crippen molar-refractivity contribution >= 4 is 11.8 Å². The van der Waals surface area contributed by atoms with E-state index in [1.54, 1.807) is 18.9 Å². The lowest BCUT2D eigenvalue weighted by Crippen LogP contribution is -2.42. The molecular weight excluding hydrogens is 323 g/mol. The smallest absolute Gasteiger partial charge is 0.140 e. The average molecular weight is 346 g/mol. The van der Waals surface area contributed by atoms with Gasteiger partial charge in [0.05, 0.1) is 13.2 Å². The van der Waals surface area contributed by atoms with E-state index >= 15 is 0 Å². The van der Waals surface area contributed by atoms with Crippen LogP contribution in [0.4, 0.5) is 4.39 Å². The molecule has 128 valence electrons. The van der Waals surface area contributed by atoms with Crippen molar-refractivity contribution in [2.75, 3.05) is 13.7 Å². The lowest BCUT2D eigenvalue weighted by Gasteiger charge is -2.41. The van der Waals surface area contributed by atoms with Crippen LogP contribution in [0.25, 0.3) is 0 Å². The number of hydrogen-bond donors (Lipinski definition) is 0. The molecule has 1 aliphatic rings. The highest BCUT2D eigenvalue weighted by Gasteiger charge is 2.46. The molecule has 0 aliphatic heterocycles. The molecule has 2 aromatic rings. The second kappa shape index (κ2) is 7.58. The van der Waals surface area contributed by atoms with Gasteiger partial charge >= 0.3 is 0 Å². The Bertz CT molecular complexity index is 648. The Labute approximate surface area is 147 Å². The molecule has 4 heteroatoms. The summed E-state index contributed by atoms with van der Waals surface area (Å²) in [6.07, 6.45) is 1.02. The monoisotopic (exact) mass is 346 g/mol. The Morgan fingerprint density at radius 2 is 1.75 bits per heavy atom. The minimum Gasteiger partial charge on any atom is -0.497 e. The van der Waals surface area contributed by atoms with Crippen LogP contribution < -0.4 is 4.74 Å². The average Bonchev–Trinajstić information content (AvgIpc) is 2.59. The molecule has 2 nitrogen and oxygen atoms in total. The van der Waals surface area contributed by atoms with Gasteiger partial charge in [0, 0.05) is 30.1 Å². The van der Waals surface area contributed by atoms with E-state index in [9.17, 15) is 4.39 Å². The molecule has 0 unspecified atom stereocenters. The third kappa shape index (κ3) is 3.93. The number of ether oxygens (including phenoxy) is 2. The van der Waals surface area contributed by atoms with Gasteiger partial charge in [-0.1, -0.05) is 24.3 Å². The minimum atomic E-state index is -1.21. The normalized spacial score (nSPS) is 22.9. The summed E-state index contributed by atoms with van der Waals surface area (Å²) in [5, 5.41) is 0. The van der Waals surface area contributed by atoms with E-state index < -0.39 is 5.67 Å². The summed E-state index contributed by atoms with van der Waals surface area (Å²) in [4.78, 5) is 1.15. The molecule has 1 aliphatic carbocycles. The van der Waals surface area contributed by atoms with E-state index in [0.717, 1.165) is 22.0 Å². The first-order valence-corrected chi connectivity index (χ1v) is 9.28. The van der Waals surface area contributed by atoms with E-state index in [1.165, 1.54) is 5.56 Å². The predicted molar refractivity (Wildman–Crippen MR) is 96.4 cm³/mol. The third-order valence-corrected chi connectivity index (χ3v) is 5.52. The van der Waals surface area contributed by atoms with Gasteiger partial charge in [-0.25, -0.2) is 4.39 Å². The summed E-state index contributed by atoms with van der Waals surface area (Å²) >= 11 is 1.75. The highest BCUT2D eigenvalue weighted by molar-refractivity contribution is 7.98. The van der Waals surface area contributed by atoms with Gasteiger partial charge in [0.2, 0.25) is 0 Å². The number of thioether (sulfide) groups is 1. The van der Waals surface area contributed by atoms with Crippen LogP contribution in [-0.4, -0.2) is 19.8 Å². The summed E-state index contributed by atoms with van der Waals surface area (Å²) < 4.78 is 25.4. The van der Waals surface area contributed by atoms with Gasteiger partial charge in [0.1, 0.15) is 11.4 Å². The summed E-state index contributed by atoms with van der Waals surface area (Å²) in [6.45, 7) is 2.61. The van der Waals surface area contributed by atoms with E-state index in [0.29, 0.717) is 19.4 Å². The van der Waals surface area contributed by atoms with Crippen LogP contribution in [0.1, 0.15) is 30.9 Å². The molecule has 0 saturated heterocycles. The number of benzene rings is 2. The Morgan fingerprint density at radius 1 is 1.08 bits per heavy atom. The molecule has 0 heterocycles. The molecule has 1 saturated carbocycles. The fourth-order valence-electron chi connectivity index (χ4n) is 2.99. The van der Waals surface area contributed by atoms with Gasteiger partial charge < -0.3 is 9.47 Å². The highest BCUT2D eigenvalue weighted by atomic mass is 32.2. The second-order valence-electron chi connectivity index (χ2n) is 6.11. The Balaban J connectivity index is 1.55. The van der Waals surface area contributed by atoms with Crippen LogP contribution in [-0.2, 0) is 16.2 Å². The summed E-state index contributed by atoms with van der Waals surface area (Å²) in [6, 6.07) is 15.9. The number of hydrogen-bond acceptors (Lipinski definition) is 3. The summed E-state index contributed by atoms with van der Waals surface area (Å²) in [5.41, 5.74) is 0.802. The lowest BCUT2D eigenvalue weighted by molar-refractivity contribution is -0.0967. The van der Waals surface area contributed by atoms with Gasteiger partial charge in [0.25, 0.3) is 0 Å². The first-order valence-electron chi connectivity index (χ1n) is 8.30. The Kier molecular flexibility index (Phi) is 5.47. The van der Waals surface area contributed by atoms with Gasteiger partial charge in [-0.15, -0.1) is 11.8 Å². The molecule has 2 aromatic carbocycles. The second-order valence-corrected chi connectivity index (χ2v) is 7.16. The quantitative estimate of drug-likeness (QED) is 0.630. The van der Waals surface area contributed by atoms with E-state index in [1.807, 2.05) is 43.3 Å². The summed E-state index contributed by atoms with van der Waals surface area (Å²) in [5.74, 6) is 1.75. The third-order valence-electron chi connectivity index (χ3n) is 4.44. The molecular formula is C20H23FO2S.